The standard InChI is InChI=1S/C19H24O4/c1-2-15-16(9-6-11-23-12-10-20)19(18(22)13-17(15)21)14-7-4-3-5-8-14/h3-5,7-8,13,20-22H,2,6,9-12H2,1H3. The van der Waals surface area contributed by atoms with Gasteiger partial charge in [-0.1, -0.05) is 37.3 Å². The van der Waals surface area contributed by atoms with Crippen molar-refractivity contribution in [2.24, 2.45) is 0 Å². The Morgan fingerprint density at radius 3 is 2.35 bits per heavy atom. The third-order valence-electron chi connectivity index (χ3n) is 3.87. The largest absolute Gasteiger partial charge is 0.508 e. The molecule has 0 aliphatic heterocycles. The molecule has 23 heavy (non-hydrogen) atoms. The number of benzene rings is 2. The smallest absolute Gasteiger partial charge is 0.127 e. The van der Waals surface area contributed by atoms with Crippen LogP contribution in [0.3, 0.4) is 0 Å². The van der Waals surface area contributed by atoms with Gasteiger partial charge in [0, 0.05) is 18.2 Å². The number of phenols is 2. The van der Waals surface area contributed by atoms with Crippen LogP contribution in [0.5, 0.6) is 11.5 Å². The van der Waals surface area contributed by atoms with Crippen LogP contribution in [0.15, 0.2) is 36.4 Å². The fourth-order valence-corrected chi connectivity index (χ4v) is 2.86. The fraction of sp³-hybridized carbons (Fsp3) is 0.368. The van der Waals surface area contributed by atoms with Gasteiger partial charge in [-0.3, -0.25) is 0 Å². The Bertz CT molecular complexity index is 623. The molecule has 4 heteroatoms. The highest BCUT2D eigenvalue weighted by molar-refractivity contribution is 5.76. The molecule has 0 spiro atoms. The minimum Gasteiger partial charge on any atom is -0.508 e. The number of hydrogen-bond acceptors (Lipinski definition) is 4. The SMILES string of the molecule is CCc1c(O)cc(O)c(-c2ccccc2)c1CCCOCCO. The second-order valence-corrected chi connectivity index (χ2v) is 5.41. The third kappa shape index (κ3) is 4.24. The summed E-state index contributed by atoms with van der Waals surface area (Å²) in [7, 11) is 0. The predicted molar refractivity (Wildman–Crippen MR) is 90.8 cm³/mol. The highest BCUT2D eigenvalue weighted by Gasteiger charge is 2.17. The first kappa shape index (κ1) is 17.3. The lowest BCUT2D eigenvalue weighted by atomic mass is 9.90. The molecule has 2 aromatic carbocycles. The molecular weight excluding hydrogens is 292 g/mol. The predicted octanol–water partition coefficient (Wildman–Crippen LogP) is 3.27. The Morgan fingerprint density at radius 1 is 0.957 bits per heavy atom. The highest BCUT2D eigenvalue weighted by Crippen LogP contribution is 2.40. The molecule has 0 atom stereocenters. The van der Waals surface area contributed by atoms with Gasteiger partial charge in [0.1, 0.15) is 11.5 Å². The van der Waals surface area contributed by atoms with Crippen LogP contribution in [0.4, 0.5) is 0 Å². The van der Waals surface area contributed by atoms with E-state index in [1.807, 2.05) is 37.3 Å². The molecule has 0 heterocycles. The molecule has 0 bridgehead atoms. The molecule has 2 rings (SSSR count). The van der Waals surface area contributed by atoms with E-state index in [9.17, 15) is 10.2 Å². The fourth-order valence-electron chi connectivity index (χ4n) is 2.86. The lowest BCUT2D eigenvalue weighted by Crippen LogP contribution is -2.04. The number of phenolic OH excluding ortho intramolecular Hbond substituents is 2. The molecule has 3 N–H and O–H groups in total. The van der Waals surface area contributed by atoms with Crippen molar-refractivity contribution in [2.45, 2.75) is 26.2 Å². The molecule has 2 aromatic rings. The maximum absolute atomic E-state index is 10.4. The van der Waals surface area contributed by atoms with E-state index in [1.165, 1.54) is 6.07 Å². The van der Waals surface area contributed by atoms with Crippen molar-refractivity contribution in [1.29, 1.82) is 0 Å². The minimum atomic E-state index is 0.0163. The first-order valence-corrected chi connectivity index (χ1v) is 7.99. The van der Waals surface area contributed by atoms with Gasteiger partial charge in [-0.2, -0.15) is 0 Å². The quantitative estimate of drug-likeness (QED) is 0.654. The van der Waals surface area contributed by atoms with Crippen molar-refractivity contribution in [2.75, 3.05) is 19.8 Å². The van der Waals surface area contributed by atoms with Crippen LogP contribution in [0.1, 0.15) is 24.5 Å². The summed E-state index contributed by atoms with van der Waals surface area (Å²) in [6, 6.07) is 11.1. The molecule has 0 radical (unpaired) electrons. The van der Waals surface area contributed by atoms with E-state index in [-0.39, 0.29) is 18.1 Å². The first-order chi connectivity index (χ1) is 11.2. The maximum Gasteiger partial charge on any atom is 0.127 e. The van der Waals surface area contributed by atoms with Gasteiger partial charge in [-0.05, 0) is 36.0 Å². The van der Waals surface area contributed by atoms with Crippen LogP contribution in [-0.4, -0.2) is 35.1 Å². The van der Waals surface area contributed by atoms with Crippen molar-refractivity contribution in [1.82, 2.24) is 0 Å². The second kappa shape index (κ2) is 8.56. The van der Waals surface area contributed by atoms with Crippen molar-refractivity contribution < 1.29 is 20.1 Å². The van der Waals surface area contributed by atoms with E-state index in [0.29, 0.717) is 26.1 Å². The minimum absolute atomic E-state index is 0.0163. The second-order valence-electron chi connectivity index (χ2n) is 5.41. The number of rotatable bonds is 8. The molecule has 0 fully saturated rings. The number of aliphatic hydroxyl groups is 1. The lowest BCUT2D eigenvalue weighted by Gasteiger charge is -2.18. The molecule has 0 aliphatic carbocycles. The van der Waals surface area contributed by atoms with E-state index < -0.39 is 0 Å². The zero-order chi connectivity index (χ0) is 16.7. The Balaban J connectivity index is 2.36. The monoisotopic (exact) mass is 316 g/mol. The Hall–Kier alpha value is -2.04. The number of aromatic hydroxyl groups is 2. The summed E-state index contributed by atoms with van der Waals surface area (Å²) in [6.45, 7) is 2.88. The molecule has 0 amide bonds. The molecule has 124 valence electrons. The number of aliphatic hydroxyl groups excluding tert-OH is 1. The lowest BCUT2D eigenvalue weighted by molar-refractivity contribution is 0.0908. The van der Waals surface area contributed by atoms with Crippen LogP contribution >= 0.6 is 0 Å². The Morgan fingerprint density at radius 2 is 1.70 bits per heavy atom. The van der Waals surface area contributed by atoms with Gasteiger partial charge < -0.3 is 20.1 Å². The van der Waals surface area contributed by atoms with Crippen LogP contribution < -0.4 is 0 Å². The summed E-state index contributed by atoms with van der Waals surface area (Å²) in [5.74, 6) is 0.230. The third-order valence-corrected chi connectivity index (χ3v) is 3.87. The van der Waals surface area contributed by atoms with Crippen molar-refractivity contribution >= 4 is 0 Å². The summed E-state index contributed by atoms with van der Waals surface area (Å²) in [5.41, 5.74) is 3.54. The molecule has 0 aromatic heterocycles. The van der Waals surface area contributed by atoms with E-state index >= 15 is 0 Å². The van der Waals surface area contributed by atoms with Crippen molar-refractivity contribution in [3.8, 4) is 22.6 Å². The van der Waals surface area contributed by atoms with Gasteiger partial charge in [0.2, 0.25) is 0 Å². The van der Waals surface area contributed by atoms with Gasteiger partial charge in [0.15, 0.2) is 0 Å². The van der Waals surface area contributed by atoms with Gasteiger partial charge in [0.25, 0.3) is 0 Å². The van der Waals surface area contributed by atoms with Crippen LogP contribution in [0, 0.1) is 0 Å². The topological polar surface area (TPSA) is 69.9 Å². The Kier molecular flexibility index (Phi) is 6.44. The molecule has 0 saturated carbocycles. The van der Waals surface area contributed by atoms with E-state index in [1.54, 1.807) is 0 Å². The average molecular weight is 316 g/mol. The molecule has 0 unspecified atom stereocenters. The maximum atomic E-state index is 10.4. The first-order valence-electron chi connectivity index (χ1n) is 7.99. The van der Waals surface area contributed by atoms with Gasteiger partial charge in [0.05, 0.1) is 13.2 Å². The van der Waals surface area contributed by atoms with Gasteiger partial charge >= 0.3 is 0 Å². The molecule has 0 saturated heterocycles. The zero-order valence-corrected chi connectivity index (χ0v) is 13.5. The molecule has 0 aliphatic rings. The molecular formula is C19H24O4. The summed E-state index contributed by atoms with van der Waals surface area (Å²) >= 11 is 0. The van der Waals surface area contributed by atoms with Crippen LogP contribution in [0.2, 0.25) is 0 Å². The Labute approximate surface area is 137 Å². The zero-order valence-electron chi connectivity index (χ0n) is 13.5. The van der Waals surface area contributed by atoms with Gasteiger partial charge in [-0.25, -0.2) is 0 Å². The van der Waals surface area contributed by atoms with Crippen LogP contribution in [0.25, 0.3) is 11.1 Å². The number of hydrogen-bond donors (Lipinski definition) is 3. The average Bonchev–Trinajstić information content (AvgIpc) is 2.55. The van der Waals surface area contributed by atoms with E-state index in [4.69, 9.17) is 9.84 Å². The summed E-state index contributed by atoms with van der Waals surface area (Å²) in [6.07, 6.45) is 2.15. The normalized spacial score (nSPS) is 10.9. The highest BCUT2D eigenvalue weighted by atomic mass is 16.5. The van der Waals surface area contributed by atoms with E-state index in [0.717, 1.165) is 28.7 Å². The molecule has 4 nitrogen and oxygen atoms in total. The summed E-state index contributed by atoms with van der Waals surface area (Å²) in [5, 5.41) is 29.3. The van der Waals surface area contributed by atoms with Crippen molar-refractivity contribution in [3.05, 3.63) is 47.5 Å². The summed E-state index contributed by atoms with van der Waals surface area (Å²) < 4.78 is 5.31. The summed E-state index contributed by atoms with van der Waals surface area (Å²) in [4.78, 5) is 0. The van der Waals surface area contributed by atoms with E-state index in [2.05, 4.69) is 0 Å². The van der Waals surface area contributed by atoms with Crippen LogP contribution in [-0.2, 0) is 17.6 Å². The van der Waals surface area contributed by atoms with Crippen molar-refractivity contribution in [3.63, 3.8) is 0 Å². The van der Waals surface area contributed by atoms with Gasteiger partial charge in [-0.15, -0.1) is 0 Å². The number of ether oxygens (including phenoxy) is 1.